The Morgan fingerprint density at radius 2 is 1.49 bits per heavy atom. The molecule has 4 aromatic rings. The summed E-state index contributed by atoms with van der Waals surface area (Å²) in [6.45, 7) is 2.14. The van der Waals surface area contributed by atoms with E-state index in [4.69, 9.17) is 0 Å². The molecule has 0 aliphatic heterocycles. The van der Waals surface area contributed by atoms with Crippen molar-refractivity contribution in [2.45, 2.75) is 39.0 Å². The normalized spacial score (nSPS) is 10.9. The lowest BCUT2D eigenvalue weighted by Crippen LogP contribution is -1.93. The smallest absolute Gasteiger partial charge is 0.195 e. The number of rotatable bonds is 6. The Labute approximate surface area is 201 Å². The van der Waals surface area contributed by atoms with Gasteiger partial charge in [-0.1, -0.05) is 62.3 Å². The minimum atomic E-state index is -1.53. The Morgan fingerprint density at radius 1 is 0.657 bits per heavy atom. The van der Waals surface area contributed by atoms with Crippen molar-refractivity contribution in [3.8, 4) is 23.0 Å². The van der Waals surface area contributed by atoms with E-state index in [0.29, 0.717) is 16.7 Å². The summed E-state index contributed by atoms with van der Waals surface area (Å²) in [6.07, 6.45) is 5.23. The summed E-state index contributed by atoms with van der Waals surface area (Å²) in [5.74, 6) is 0.339. The van der Waals surface area contributed by atoms with E-state index in [0.717, 1.165) is 43.7 Å². The van der Waals surface area contributed by atoms with Gasteiger partial charge < -0.3 is 0 Å². The predicted octanol–water partition coefficient (Wildman–Crippen LogP) is 8.72. The number of unbranched alkanes of at least 4 members (excludes halogenated alkanes) is 3. The number of hydrogen-bond donors (Lipinski definition) is 0. The van der Waals surface area contributed by atoms with E-state index < -0.39 is 29.1 Å². The highest BCUT2D eigenvalue weighted by Crippen LogP contribution is 2.27. The summed E-state index contributed by atoms with van der Waals surface area (Å²) < 4.78 is 70.2. The van der Waals surface area contributed by atoms with Gasteiger partial charge >= 0.3 is 0 Å². The van der Waals surface area contributed by atoms with Crippen molar-refractivity contribution in [3.63, 3.8) is 0 Å². The zero-order valence-corrected chi connectivity index (χ0v) is 19.2. The minimum Gasteiger partial charge on any atom is -0.206 e. The summed E-state index contributed by atoms with van der Waals surface area (Å²) in [4.78, 5) is 0. The van der Waals surface area contributed by atoms with Crippen molar-refractivity contribution in [2.75, 3.05) is 0 Å². The van der Waals surface area contributed by atoms with Crippen LogP contribution in [-0.4, -0.2) is 0 Å². The van der Waals surface area contributed by atoms with E-state index in [-0.39, 0.29) is 16.3 Å². The largest absolute Gasteiger partial charge is 0.206 e. The lowest BCUT2D eigenvalue weighted by Gasteiger charge is -2.08. The second kappa shape index (κ2) is 10.7. The van der Waals surface area contributed by atoms with Crippen molar-refractivity contribution < 1.29 is 22.0 Å². The molecule has 0 aliphatic carbocycles. The molecule has 4 rings (SSSR count). The molecule has 0 bridgehead atoms. The van der Waals surface area contributed by atoms with Crippen molar-refractivity contribution >= 4 is 10.8 Å². The zero-order valence-electron chi connectivity index (χ0n) is 19.2. The molecule has 0 N–H and O–H groups in total. The number of benzene rings is 4. The fourth-order valence-electron chi connectivity index (χ4n) is 4.01. The van der Waals surface area contributed by atoms with E-state index in [9.17, 15) is 22.0 Å². The standard InChI is InChI=1S/C30H23F5/c1-2-3-4-5-6-19-8-13-24(27(32)16-19)22-12-11-21(26(31)17-22)10-7-20-9-14-25-23(15-20)18-28(33)30(35)29(25)34/h8-9,11-18H,2-6H2,1H3. The molecule has 0 radical (unpaired) electrons. The van der Waals surface area contributed by atoms with E-state index in [2.05, 4.69) is 18.8 Å². The predicted molar refractivity (Wildman–Crippen MR) is 129 cm³/mol. The van der Waals surface area contributed by atoms with Crippen LogP contribution >= 0.6 is 0 Å². The van der Waals surface area contributed by atoms with Gasteiger partial charge in [0.15, 0.2) is 17.5 Å². The first-order valence-corrected chi connectivity index (χ1v) is 11.5. The molecule has 0 fully saturated rings. The second-order valence-electron chi connectivity index (χ2n) is 8.49. The second-order valence-corrected chi connectivity index (χ2v) is 8.49. The van der Waals surface area contributed by atoms with Gasteiger partial charge in [0.25, 0.3) is 0 Å². The summed E-state index contributed by atoms with van der Waals surface area (Å²) in [5.41, 5.74) is 2.11. The first-order chi connectivity index (χ1) is 16.9. The highest BCUT2D eigenvalue weighted by Gasteiger charge is 2.13. The summed E-state index contributed by atoms with van der Waals surface area (Å²) >= 11 is 0. The molecular weight excluding hydrogens is 455 g/mol. The van der Waals surface area contributed by atoms with Crippen LogP contribution in [0.3, 0.4) is 0 Å². The maximum Gasteiger partial charge on any atom is 0.195 e. The third-order valence-corrected chi connectivity index (χ3v) is 5.95. The maximum absolute atomic E-state index is 14.7. The van der Waals surface area contributed by atoms with Crippen molar-refractivity contribution in [3.05, 3.63) is 106 Å². The number of halogens is 5. The molecule has 0 saturated carbocycles. The molecule has 0 heterocycles. The van der Waals surface area contributed by atoms with Gasteiger partial charge in [0, 0.05) is 16.5 Å². The summed E-state index contributed by atoms with van der Waals surface area (Å²) in [6, 6.07) is 14.4. The Hall–Kier alpha value is -3.65. The van der Waals surface area contributed by atoms with Crippen LogP contribution in [0.25, 0.3) is 21.9 Å². The van der Waals surface area contributed by atoms with Crippen LogP contribution in [0.1, 0.15) is 49.3 Å². The first kappa shape index (κ1) is 24.5. The molecule has 0 aliphatic rings. The van der Waals surface area contributed by atoms with Crippen LogP contribution in [-0.2, 0) is 6.42 Å². The summed E-state index contributed by atoms with van der Waals surface area (Å²) in [7, 11) is 0. The molecule has 0 nitrogen and oxygen atoms in total. The molecule has 35 heavy (non-hydrogen) atoms. The summed E-state index contributed by atoms with van der Waals surface area (Å²) in [5, 5.41) is 0.0762. The molecule has 0 unspecified atom stereocenters. The topological polar surface area (TPSA) is 0 Å². The fraction of sp³-hybridized carbons (Fsp3) is 0.200. The van der Waals surface area contributed by atoms with E-state index >= 15 is 0 Å². The van der Waals surface area contributed by atoms with Crippen molar-refractivity contribution in [1.29, 1.82) is 0 Å². The minimum absolute atomic E-state index is 0.0704. The molecule has 0 aromatic heterocycles. The number of fused-ring (bicyclic) bond motifs is 1. The SMILES string of the molecule is CCCCCCc1ccc(-c2ccc(C#Cc3ccc4c(F)c(F)c(F)cc4c3)c(F)c2)c(F)c1. The Kier molecular flexibility index (Phi) is 7.51. The highest BCUT2D eigenvalue weighted by atomic mass is 19.2. The average molecular weight is 479 g/mol. The van der Waals surface area contributed by atoms with Gasteiger partial charge in [0.2, 0.25) is 0 Å². The van der Waals surface area contributed by atoms with Crippen LogP contribution in [0, 0.1) is 40.9 Å². The number of hydrogen-bond acceptors (Lipinski definition) is 0. The van der Waals surface area contributed by atoms with Crippen LogP contribution < -0.4 is 0 Å². The quantitative estimate of drug-likeness (QED) is 0.112. The Bertz CT molecular complexity index is 1440. The molecule has 0 atom stereocenters. The van der Waals surface area contributed by atoms with Crippen LogP contribution in [0.5, 0.6) is 0 Å². The van der Waals surface area contributed by atoms with Gasteiger partial charge in [-0.2, -0.15) is 0 Å². The van der Waals surface area contributed by atoms with Gasteiger partial charge in [-0.15, -0.1) is 0 Å². The molecule has 5 heteroatoms. The zero-order chi connectivity index (χ0) is 24.9. The van der Waals surface area contributed by atoms with Crippen LogP contribution in [0.15, 0.2) is 60.7 Å². The van der Waals surface area contributed by atoms with E-state index in [1.807, 2.05) is 6.07 Å². The van der Waals surface area contributed by atoms with Gasteiger partial charge in [0.1, 0.15) is 11.6 Å². The third kappa shape index (κ3) is 5.54. The number of aryl methyl sites for hydroxylation is 1. The molecule has 178 valence electrons. The Balaban J connectivity index is 1.54. The maximum atomic E-state index is 14.7. The van der Waals surface area contributed by atoms with Gasteiger partial charge in [-0.05, 0) is 65.8 Å². The van der Waals surface area contributed by atoms with Gasteiger partial charge in [-0.25, -0.2) is 22.0 Å². The average Bonchev–Trinajstić information content (AvgIpc) is 2.84. The van der Waals surface area contributed by atoms with Gasteiger partial charge in [0.05, 0.1) is 5.56 Å². The first-order valence-electron chi connectivity index (χ1n) is 11.5. The van der Waals surface area contributed by atoms with E-state index in [1.54, 1.807) is 12.1 Å². The van der Waals surface area contributed by atoms with E-state index in [1.165, 1.54) is 36.4 Å². The van der Waals surface area contributed by atoms with Crippen LogP contribution in [0.2, 0.25) is 0 Å². The molecule has 0 saturated heterocycles. The monoisotopic (exact) mass is 478 g/mol. The highest BCUT2D eigenvalue weighted by molar-refractivity contribution is 5.84. The van der Waals surface area contributed by atoms with Crippen molar-refractivity contribution in [2.24, 2.45) is 0 Å². The lowest BCUT2D eigenvalue weighted by atomic mass is 9.99. The van der Waals surface area contributed by atoms with Gasteiger partial charge in [-0.3, -0.25) is 0 Å². The van der Waals surface area contributed by atoms with Crippen LogP contribution in [0.4, 0.5) is 22.0 Å². The fourth-order valence-corrected chi connectivity index (χ4v) is 4.01. The van der Waals surface area contributed by atoms with Crippen molar-refractivity contribution in [1.82, 2.24) is 0 Å². The third-order valence-electron chi connectivity index (χ3n) is 5.95. The lowest BCUT2D eigenvalue weighted by molar-refractivity contribution is 0.453. The molecule has 0 spiro atoms. The molecular formula is C30H23F5. The molecule has 4 aromatic carbocycles. The Morgan fingerprint density at radius 3 is 2.23 bits per heavy atom. The molecule has 0 amide bonds.